The van der Waals surface area contributed by atoms with Crippen molar-refractivity contribution in [3.8, 4) is 0 Å². The standard InChI is InChI=1S/C12H22N4O.HI/c1-4-13-12(14-9-11(17)16(2)3)15-10-7-5-6-8-10;/h5-6,10H,4,7-9H2,1-3H3,(H2,13,14,15);1H. The minimum absolute atomic E-state index is 0. The first kappa shape index (κ1) is 17.2. The maximum atomic E-state index is 11.4. The zero-order chi connectivity index (χ0) is 12.7. The number of halogens is 1. The molecule has 2 N–H and O–H groups in total. The molecule has 0 aliphatic heterocycles. The lowest BCUT2D eigenvalue weighted by atomic mass is 10.2. The van der Waals surface area contributed by atoms with Crippen molar-refractivity contribution in [2.75, 3.05) is 27.2 Å². The van der Waals surface area contributed by atoms with Crippen LogP contribution in [0, 0.1) is 0 Å². The summed E-state index contributed by atoms with van der Waals surface area (Å²) >= 11 is 0. The molecule has 0 saturated heterocycles. The van der Waals surface area contributed by atoms with E-state index in [1.54, 1.807) is 19.0 Å². The zero-order valence-electron chi connectivity index (χ0n) is 11.3. The molecule has 5 nitrogen and oxygen atoms in total. The first-order valence-corrected chi connectivity index (χ1v) is 6.03. The number of carbonyl (C=O) groups is 1. The monoisotopic (exact) mass is 366 g/mol. The Labute approximate surface area is 126 Å². The molecule has 104 valence electrons. The molecule has 1 aliphatic carbocycles. The van der Waals surface area contributed by atoms with Gasteiger partial charge in [0.1, 0.15) is 6.54 Å². The van der Waals surface area contributed by atoms with Crippen LogP contribution in [0.15, 0.2) is 17.1 Å². The third kappa shape index (κ3) is 6.23. The Morgan fingerprint density at radius 2 is 2.00 bits per heavy atom. The van der Waals surface area contributed by atoms with Gasteiger partial charge < -0.3 is 15.5 Å². The van der Waals surface area contributed by atoms with Crippen molar-refractivity contribution in [2.45, 2.75) is 25.8 Å². The van der Waals surface area contributed by atoms with Crippen LogP contribution in [-0.4, -0.2) is 50.0 Å². The van der Waals surface area contributed by atoms with E-state index < -0.39 is 0 Å². The van der Waals surface area contributed by atoms with E-state index in [0.717, 1.165) is 25.3 Å². The van der Waals surface area contributed by atoms with E-state index in [0.29, 0.717) is 6.04 Å². The topological polar surface area (TPSA) is 56.7 Å². The molecule has 0 fully saturated rings. The van der Waals surface area contributed by atoms with Crippen LogP contribution in [0.4, 0.5) is 0 Å². The highest BCUT2D eigenvalue weighted by molar-refractivity contribution is 14.0. The molecule has 0 heterocycles. The Hall–Kier alpha value is -0.790. The molecule has 0 aromatic carbocycles. The lowest BCUT2D eigenvalue weighted by molar-refractivity contribution is -0.127. The third-order valence-corrected chi connectivity index (χ3v) is 2.56. The van der Waals surface area contributed by atoms with Crippen LogP contribution in [0.25, 0.3) is 0 Å². The Morgan fingerprint density at radius 1 is 1.39 bits per heavy atom. The van der Waals surface area contributed by atoms with E-state index in [1.165, 1.54) is 0 Å². The lowest BCUT2D eigenvalue weighted by Gasteiger charge is -2.17. The molecule has 1 amide bonds. The first-order chi connectivity index (χ1) is 8.13. The van der Waals surface area contributed by atoms with Gasteiger partial charge in [-0.2, -0.15) is 0 Å². The first-order valence-electron chi connectivity index (χ1n) is 6.03. The number of likely N-dealkylation sites (N-methyl/N-ethyl adjacent to an activating group) is 1. The van der Waals surface area contributed by atoms with Crippen molar-refractivity contribution in [3.63, 3.8) is 0 Å². The molecule has 6 heteroatoms. The van der Waals surface area contributed by atoms with Crippen molar-refractivity contribution in [3.05, 3.63) is 12.2 Å². The number of rotatable bonds is 4. The molecule has 0 radical (unpaired) electrons. The van der Waals surface area contributed by atoms with E-state index >= 15 is 0 Å². The Balaban J connectivity index is 0.00000289. The molecule has 0 unspecified atom stereocenters. The van der Waals surface area contributed by atoms with Crippen LogP contribution < -0.4 is 10.6 Å². The van der Waals surface area contributed by atoms with Crippen molar-refractivity contribution < 1.29 is 4.79 Å². The second-order valence-corrected chi connectivity index (χ2v) is 4.27. The largest absolute Gasteiger partial charge is 0.357 e. The fraction of sp³-hybridized carbons (Fsp3) is 0.667. The minimum atomic E-state index is 0. The fourth-order valence-electron chi connectivity index (χ4n) is 1.54. The van der Waals surface area contributed by atoms with Gasteiger partial charge in [0.2, 0.25) is 5.91 Å². The van der Waals surface area contributed by atoms with Crippen LogP contribution in [0.3, 0.4) is 0 Å². The van der Waals surface area contributed by atoms with Gasteiger partial charge >= 0.3 is 0 Å². The lowest BCUT2D eigenvalue weighted by Crippen LogP contribution is -2.43. The number of nitrogens with one attached hydrogen (secondary N) is 2. The number of nitrogens with zero attached hydrogens (tertiary/aromatic N) is 2. The highest BCUT2D eigenvalue weighted by Crippen LogP contribution is 2.08. The molecule has 0 spiro atoms. The summed E-state index contributed by atoms with van der Waals surface area (Å²) in [6.45, 7) is 2.99. The predicted molar refractivity (Wildman–Crippen MR) is 85.4 cm³/mol. The summed E-state index contributed by atoms with van der Waals surface area (Å²) in [6, 6.07) is 0.405. The van der Waals surface area contributed by atoms with Gasteiger partial charge in [-0.1, -0.05) is 12.2 Å². The van der Waals surface area contributed by atoms with Gasteiger partial charge in [0, 0.05) is 26.7 Å². The predicted octanol–water partition coefficient (Wildman–Crippen LogP) is 0.966. The SMILES string of the molecule is CCNC(=NCC(=O)N(C)C)NC1CC=CC1.I. The average Bonchev–Trinajstić information content (AvgIpc) is 2.78. The second-order valence-electron chi connectivity index (χ2n) is 4.27. The van der Waals surface area contributed by atoms with Gasteiger partial charge in [-0.05, 0) is 19.8 Å². The number of hydrogen-bond acceptors (Lipinski definition) is 2. The highest BCUT2D eigenvalue weighted by atomic mass is 127. The van der Waals surface area contributed by atoms with E-state index in [-0.39, 0.29) is 36.4 Å². The van der Waals surface area contributed by atoms with Gasteiger partial charge in [0.25, 0.3) is 0 Å². The van der Waals surface area contributed by atoms with Crippen molar-refractivity contribution >= 4 is 35.8 Å². The molecule has 0 aromatic heterocycles. The molecule has 1 aliphatic rings. The summed E-state index contributed by atoms with van der Waals surface area (Å²) in [5.74, 6) is 0.725. The van der Waals surface area contributed by atoms with Crippen LogP contribution in [0.5, 0.6) is 0 Å². The number of amides is 1. The van der Waals surface area contributed by atoms with Crippen LogP contribution in [0.2, 0.25) is 0 Å². The number of carbonyl (C=O) groups excluding carboxylic acids is 1. The maximum absolute atomic E-state index is 11.4. The smallest absolute Gasteiger partial charge is 0.243 e. The second kappa shape index (κ2) is 9.18. The summed E-state index contributed by atoms with van der Waals surface area (Å²) in [4.78, 5) is 17.3. The normalized spacial score (nSPS) is 15.2. The molecule has 0 atom stereocenters. The van der Waals surface area contributed by atoms with Crippen molar-refractivity contribution in [1.82, 2.24) is 15.5 Å². The zero-order valence-corrected chi connectivity index (χ0v) is 13.6. The summed E-state index contributed by atoms with van der Waals surface area (Å²) in [5, 5.41) is 6.46. The van der Waals surface area contributed by atoms with Gasteiger partial charge in [0.15, 0.2) is 5.96 Å². The van der Waals surface area contributed by atoms with E-state index in [9.17, 15) is 4.79 Å². The maximum Gasteiger partial charge on any atom is 0.243 e. The summed E-state index contributed by atoms with van der Waals surface area (Å²) in [7, 11) is 3.47. The number of hydrogen-bond donors (Lipinski definition) is 2. The molecule has 0 aromatic rings. The molecule has 0 saturated carbocycles. The van der Waals surface area contributed by atoms with Gasteiger partial charge in [-0.25, -0.2) is 4.99 Å². The number of aliphatic imine (C=N–C) groups is 1. The Bertz CT molecular complexity index is 307. The Kier molecular flexibility index (Phi) is 8.78. The number of guanidine groups is 1. The summed E-state index contributed by atoms with van der Waals surface area (Å²) in [5.41, 5.74) is 0. The molecular weight excluding hydrogens is 343 g/mol. The van der Waals surface area contributed by atoms with Crippen molar-refractivity contribution in [2.24, 2.45) is 4.99 Å². The molecular formula is C12H23IN4O. The van der Waals surface area contributed by atoms with E-state index in [2.05, 4.69) is 27.8 Å². The van der Waals surface area contributed by atoms with E-state index in [1.807, 2.05) is 6.92 Å². The minimum Gasteiger partial charge on any atom is -0.357 e. The van der Waals surface area contributed by atoms with Crippen molar-refractivity contribution in [1.29, 1.82) is 0 Å². The quantitative estimate of drug-likeness (QED) is 0.337. The summed E-state index contributed by atoms with van der Waals surface area (Å²) < 4.78 is 0. The van der Waals surface area contributed by atoms with E-state index in [4.69, 9.17) is 0 Å². The van der Waals surface area contributed by atoms with Crippen LogP contribution in [-0.2, 0) is 4.79 Å². The average molecular weight is 366 g/mol. The third-order valence-electron chi connectivity index (χ3n) is 2.56. The highest BCUT2D eigenvalue weighted by Gasteiger charge is 2.12. The molecule has 0 bridgehead atoms. The fourth-order valence-corrected chi connectivity index (χ4v) is 1.54. The van der Waals surface area contributed by atoms with Crippen LogP contribution in [0.1, 0.15) is 19.8 Å². The molecule has 18 heavy (non-hydrogen) atoms. The van der Waals surface area contributed by atoms with Gasteiger partial charge in [0.05, 0.1) is 0 Å². The molecule has 1 rings (SSSR count). The van der Waals surface area contributed by atoms with Crippen LogP contribution >= 0.6 is 24.0 Å². The van der Waals surface area contributed by atoms with Gasteiger partial charge in [-0.15, -0.1) is 24.0 Å². The Morgan fingerprint density at radius 3 is 2.50 bits per heavy atom. The summed E-state index contributed by atoms with van der Waals surface area (Å²) in [6.07, 6.45) is 6.36. The van der Waals surface area contributed by atoms with Gasteiger partial charge in [-0.3, -0.25) is 4.79 Å².